The summed E-state index contributed by atoms with van der Waals surface area (Å²) in [6.07, 6.45) is 10.3. The zero-order valence-electron chi connectivity index (χ0n) is 12.8. The molecule has 6 heteroatoms. The SMILES string of the molecule is C[C@H]1CCCC[C@H]1c1ncc(NC(=O)C2CC(NC#N)C2)s1. The predicted molar refractivity (Wildman–Crippen MR) is 86.4 cm³/mol. The Bertz CT molecular complexity index is 573. The van der Waals surface area contributed by atoms with Crippen LogP contribution < -0.4 is 10.6 Å². The van der Waals surface area contributed by atoms with Crippen molar-refractivity contribution in [2.45, 2.75) is 57.4 Å². The van der Waals surface area contributed by atoms with Crippen molar-refractivity contribution in [2.24, 2.45) is 11.8 Å². The number of carbonyl (C=O) groups excluding carboxylic acids is 1. The molecule has 22 heavy (non-hydrogen) atoms. The minimum atomic E-state index is 0.0185. The van der Waals surface area contributed by atoms with Crippen LogP contribution in [0, 0.1) is 23.3 Å². The molecule has 0 spiro atoms. The van der Waals surface area contributed by atoms with E-state index in [1.165, 1.54) is 30.7 Å². The van der Waals surface area contributed by atoms with Gasteiger partial charge in [-0.2, -0.15) is 5.26 Å². The second-order valence-electron chi connectivity index (χ2n) is 6.54. The molecule has 2 saturated carbocycles. The topological polar surface area (TPSA) is 77.8 Å². The number of aromatic nitrogens is 1. The van der Waals surface area contributed by atoms with Crippen LogP contribution in [-0.2, 0) is 4.79 Å². The van der Waals surface area contributed by atoms with Crippen LogP contribution in [-0.4, -0.2) is 16.9 Å². The van der Waals surface area contributed by atoms with Gasteiger partial charge in [-0.3, -0.25) is 4.79 Å². The number of anilines is 1. The second-order valence-corrected chi connectivity index (χ2v) is 7.60. The van der Waals surface area contributed by atoms with E-state index in [9.17, 15) is 4.79 Å². The molecule has 0 aromatic carbocycles. The molecule has 118 valence electrons. The van der Waals surface area contributed by atoms with E-state index in [1.54, 1.807) is 17.5 Å². The van der Waals surface area contributed by atoms with E-state index in [2.05, 4.69) is 22.5 Å². The van der Waals surface area contributed by atoms with Gasteiger partial charge < -0.3 is 10.6 Å². The Morgan fingerprint density at radius 3 is 2.91 bits per heavy atom. The number of amides is 1. The Hall–Kier alpha value is -1.61. The third kappa shape index (κ3) is 3.25. The first kappa shape index (κ1) is 15.3. The molecule has 2 aliphatic rings. The minimum absolute atomic E-state index is 0.0185. The molecule has 2 fully saturated rings. The van der Waals surface area contributed by atoms with Crippen molar-refractivity contribution in [1.29, 1.82) is 5.26 Å². The maximum absolute atomic E-state index is 12.2. The summed E-state index contributed by atoms with van der Waals surface area (Å²) in [5.74, 6) is 1.32. The van der Waals surface area contributed by atoms with Gasteiger partial charge in [-0.15, -0.1) is 11.3 Å². The lowest BCUT2D eigenvalue weighted by molar-refractivity contribution is -0.122. The first-order valence-electron chi connectivity index (χ1n) is 8.08. The van der Waals surface area contributed by atoms with Crippen LogP contribution in [0.3, 0.4) is 0 Å². The quantitative estimate of drug-likeness (QED) is 0.660. The molecular weight excluding hydrogens is 296 g/mol. The lowest BCUT2D eigenvalue weighted by Gasteiger charge is -2.32. The smallest absolute Gasteiger partial charge is 0.228 e. The van der Waals surface area contributed by atoms with Gasteiger partial charge in [0.05, 0.1) is 11.2 Å². The number of hydrogen-bond donors (Lipinski definition) is 2. The molecule has 1 aromatic heterocycles. The first-order chi connectivity index (χ1) is 10.7. The van der Waals surface area contributed by atoms with Crippen molar-refractivity contribution in [1.82, 2.24) is 10.3 Å². The van der Waals surface area contributed by atoms with Gasteiger partial charge in [0.15, 0.2) is 6.19 Å². The van der Waals surface area contributed by atoms with Crippen LogP contribution in [0.15, 0.2) is 6.20 Å². The Kier molecular flexibility index (Phi) is 4.63. The summed E-state index contributed by atoms with van der Waals surface area (Å²) >= 11 is 1.62. The van der Waals surface area contributed by atoms with Gasteiger partial charge in [0.1, 0.15) is 5.00 Å². The van der Waals surface area contributed by atoms with Crippen LogP contribution in [0.1, 0.15) is 56.4 Å². The molecule has 2 aliphatic carbocycles. The number of nitrogens with zero attached hydrogens (tertiary/aromatic N) is 2. The summed E-state index contributed by atoms with van der Waals surface area (Å²) in [5.41, 5.74) is 0. The van der Waals surface area contributed by atoms with Crippen LogP contribution in [0.2, 0.25) is 0 Å². The van der Waals surface area contributed by atoms with Gasteiger partial charge in [0.2, 0.25) is 5.91 Å². The fraction of sp³-hybridized carbons (Fsp3) is 0.688. The summed E-state index contributed by atoms with van der Waals surface area (Å²) in [7, 11) is 0. The molecule has 1 aromatic rings. The summed E-state index contributed by atoms with van der Waals surface area (Å²) < 4.78 is 0. The van der Waals surface area contributed by atoms with Gasteiger partial charge in [-0.25, -0.2) is 4.98 Å². The van der Waals surface area contributed by atoms with Crippen LogP contribution in [0.25, 0.3) is 0 Å². The van der Waals surface area contributed by atoms with Gasteiger partial charge in [-0.05, 0) is 25.2 Å². The molecule has 3 rings (SSSR count). The highest BCUT2D eigenvalue weighted by Crippen LogP contribution is 2.40. The molecule has 2 atom stereocenters. The number of carbonyl (C=O) groups is 1. The highest BCUT2D eigenvalue weighted by Gasteiger charge is 2.34. The molecule has 5 nitrogen and oxygen atoms in total. The zero-order valence-corrected chi connectivity index (χ0v) is 13.7. The van der Waals surface area contributed by atoms with Gasteiger partial charge >= 0.3 is 0 Å². The number of rotatable bonds is 4. The van der Waals surface area contributed by atoms with E-state index in [1.807, 2.05) is 6.19 Å². The number of thiazole rings is 1. The Balaban J connectivity index is 1.54. The Labute approximate surface area is 135 Å². The molecular formula is C16H22N4OS. The standard InChI is InChI=1S/C16H22N4OS/c1-10-4-2-3-5-13(10)16-18-8-14(22-16)20-15(21)11-6-12(7-11)19-9-17/h8,10-13,19H,2-7H2,1H3,(H,20,21)/t10-,11?,12?,13+/m0/s1. The average Bonchev–Trinajstić information content (AvgIpc) is 2.91. The molecule has 0 unspecified atom stereocenters. The number of nitrogens with one attached hydrogen (secondary N) is 2. The van der Waals surface area contributed by atoms with E-state index >= 15 is 0 Å². The molecule has 0 aliphatic heterocycles. The molecule has 0 saturated heterocycles. The van der Waals surface area contributed by atoms with E-state index in [0.717, 1.165) is 17.8 Å². The third-order valence-electron chi connectivity index (χ3n) is 4.98. The highest BCUT2D eigenvalue weighted by molar-refractivity contribution is 7.15. The predicted octanol–water partition coefficient (Wildman–Crippen LogP) is 3.22. The van der Waals surface area contributed by atoms with Crippen molar-refractivity contribution in [3.8, 4) is 6.19 Å². The fourth-order valence-electron chi connectivity index (χ4n) is 3.46. The van der Waals surface area contributed by atoms with E-state index in [4.69, 9.17) is 5.26 Å². The summed E-state index contributed by atoms with van der Waals surface area (Å²) in [5, 5.41) is 16.2. The maximum atomic E-state index is 12.2. The van der Waals surface area contributed by atoms with Crippen molar-refractivity contribution in [3.05, 3.63) is 11.2 Å². The molecule has 0 bridgehead atoms. The van der Waals surface area contributed by atoms with Crippen LogP contribution in [0.5, 0.6) is 0 Å². The minimum Gasteiger partial charge on any atom is -0.321 e. The third-order valence-corrected chi connectivity index (χ3v) is 6.02. The lowest BCUT2D eigenvalue weighted by Crippen LogP contribution is -2.44. The average molecular weight is 318 g/mol. The Morgan fingerprint density at radius 1 is 1.41 bits per heavy atom. The molecule has 1 heterocycles. The van der Waals surface area contributed by atoms with Gasteiger partial charge in [0, 0.05) is 17.9 Å². The van der Waals surface area contributed by atoms with Gasteiger partial charge in [0.25, 0.3) is 0 Å². The first-order valence-corrected chi connectivity index (χ1v) is 8.90. The lowest BCUT2D eigenvalue weighted by atomic mass is 9.80. The molecule has 1 amide bonds. The monoisotopic (exact) mass is 318 g/mol. The maximum Gasteiger partial charge on any atom is 0.228 e. The Morgan fingerprint density at radius 2 is 2.18 bits per heavy atom. The normalized spacial score (nSPS) is 30.9. The van der Waals surface area contributed by atoms with Crippen molar-refractivity contribution >= 4 is 22.2 Å². The second kappa shape index (κ2) is 6.66. The van der Waals surface area contributed by atoms with Crippen molar-refractivity contribution < 1.29 is 4.79 Å². The summed E-state index contributed by atoms with van der Waals surface area (Å²) in [6, 6.07) is 0.167. The van der Waals surface area contributed by atoms with E-state index in [0.29, 0.717) is 11.8 Å². The van der Waals surface area contributed by atoms with Crippen LogP contribution >= 0.6 is 11.3 Å². The fourth-order valence-corrected chi connectivity index (χ4v) is 4.55. The molecule has 2 N–H and O–H groups in total. The van der Waals surface area contributed by atoms with Crippen LogP contribution in [0.4, 0.5) is 5.00 Å². The highest BCUT2D eigenvalue weighted by atomic mass is 32.1. The van der Waals surface area contributed by atoms with E-state index < -0.39 is 0 Å². The zero-order chi connectivity index (χ0) is 15.5. The number of hydrogen-bond acceptors (Lipinski definition) is 5. The summed E-state index contributed by atoms with van der Waals surface area (Å²) in [6.45, 7) is 2.31. The largest absolute Gasteiger partial charge is 0.321 e. The number of nitriles is 1. The molecule has 0 radical (unpaired) electrons. The summed E-state index contributed by atoms with van der Waals surface area (Å²) in [4.78, 5) is 16.7. The van der Waals surface area contributed by atoms with Gasteiger partial charge in [-0.1, -0.05) is 26.2 Å². The van der Waals surface area contributed by atoms with Crippen molar-refractivity contribution in [3.63, 3.8) is 0 Å². The van der Waals surface area contributed by atoms with E-state index in [-0.39, 0.29) is 17.9 Å². The van der Waals surface area contributed by atoms with Crippen molar-refractivity contribution in [2.75, 3.05) is 5.32 Å².